The lowest BCUT2D eigenvalue weighted by Gasteiger charge is -2.01. The van der Waals surface area contributed by atoms with Crippen molar-refractivity contribution in [3.05, 3.63) is 0 Å². The molecule has 0 aliphatic rings. The molecule has 0 aromatic rings. The zero-order valence-electron chi connectivity index (χ0n) is 8.54. The predicted molar refractivity (Wildman–Crippen MR) is 53.8 cm³/mol. The highest BCUT2D eigenvalue weighted by Gasteiger charge is 2.00. The van der Waals surface area contributed by atoms with Crippen molar-refractivity contribution >= 4 is 12.3 Å². The van der Waals surface area contributed by atoms with Crippen molar-refractivity contribution in [2.45, 2.75) is 38.5 Å². The van der Waals surface area contributed by atoms with E-state index in [2.05, 4.69) is 4.74 Å². The van der Waals surface area contributed by atoms with Crippen LogP contribution in [-0.4, -0.2) is 25.4 Å². The largest absolute Gasteiger partial charge is 0.458 e. The fourth-order valence-electron chi connectivity index (χ4n) is 1.14. The van der Waals surface area contributed by atoms with Crippen molar-refractivity contribution < 1.29 is 14.3 Å². The third kappa shape index (κ3) is 9.19. The molecule has 0 aromatic carbocycles. The van der Waals surface area contributed by atoms with Gasteiger partial charge in [-0.3, -0.25) is 9.59 Å². The maximum Gasteiger partial charge on any atom is 0.306 e. The number of aldehydes is 1. The molecule has 2 N–H and O–H groups in total. The van der Waals surface area contributed by atoms with Gasteiger partial charge in [0, 0.05) is 6.42 Å². The van der Waals surface area contributed by atoms with Crippen molar-refractivity contribution in [3.63, 3.8) is 0 Å². The van der Waals surface area contributed by atoms with Crippen LogP contribution in [0.15, 0.2) is 0 Å². The molecule has 0 heterocycles. The minimum absolute atomic E-state index is 0.119. The molecule has 0 radical (unpaired) electrons. The molecule has 0 aliphatic carbocycles. The predicted octanol–water partition coefficient (Wildman–Crippen LogP) is 1.03. The van der Waals surface area contributed by atoms with E-state index in [4.69, 9.17) is 5.73 Å². The summed E-state index contributed by atoms with van der Waals surface area (Å²) in [4.78, 5) is 20.8. The number of hydrogen-bond acceptors (Lipinski definition) is 4. The Morgan fingerprint density at radius 1 is 1.14 bits per heavy atom. The average molecular weight is 201 g/mol. The normalized spacial score (nSPS) is 9.79. The van der Waals surface area contributed by atoms with Crippen LogP contribution in [-0.2, 0) is 14.3 Å². The van der Waals surface area contributed by atoms with Crippen LogP contribution in [0.2, 0.25) is 0 Å². The lowest BCUT2D eigenvalue weighted by molar-refractivity contribution is -0.145. The summed E-state index contributed by atoms with van der Waals surface area (Å²) in [6.07, 6.45) is 6.14. The molecule has 0 amide bonds. The fourth-order valence-corrected chi connectivity index (χ4v) is 1.14. The molecule has 0 aliphatic heterocycles. The first kappa shape index (κ1) is 13.1. The highest BCUT2D eigenvalue weighted by Crippen LogP contribution is 2.05. The second kappa shape index (κ2) is 10.2. The second-order valence-electron chi connectivity index (χ2n) is 3.16. The molecule has 82 valence electrons. The molecule has 0 spiro atoms. The summed E-state index contributed by atoms with van der Waals surface area (Å²) in [7, 11) is 0. The van der Waals surface area contributed by atoms with E-state index >= 15 is 0 Å². The van der Waals surface area contributed by atoms with E-state index < -0.39 is 0 Å². The molecular weight excluding hydrogens is 182 g/mol. The Morgan fingerprint density at radius 2 is 1.79 bits per heavy atom. The van der Waals surface area contributed by atoms with E-state index in [-0.39, 0.29) is 12.6 Å². The van der Waals surface area contributed by atoms with Crippen LogP contribution in [0.4, 0.5) is 0 Å². The fraction of sp³-hybridized carbons (Fsp3) is 0.800. The molecular formula is C10H19NO3. The SMILES string of the molecule is NCCCCCCCC(=O)OCC=O. The first-order valence-corrected chi connectivity index (χ1v) is 5.10. The summed E-state index contributed by atoms with van der Waals surface area (Å²) in [6, 6.07) is 0. The first-order valence-electron chi connectivity index (χ1n) is 5.10. The Kier molecular flexibility index (Phi) is 9.53. The van der Waals surface area contributed by atoms with Crippen molar-refractivity contribution in [2.75, 3.05) is 13.2 Å². The van der Waals surface area contributed by atoms with E-state index in [0.717, 1.165) is 38.6 Å². The molecule has 4 nitrogen and oxygen atoms in total. The topological polar surface area (TPSA) is 69.4 Å². The van der Waals surface area contributed by atoms with Crippen LogP contribution in [0.5, 0.6) is 0 Å². The number of ether oxygens (including phenoxy) is 1. The second-order valence-corrected chi connectivity index (χ2v) is 3.16. The smallest absolute Gasteiger partial charge is 0.306 e. The lowest BCUT2D eigenvalue weighted by Crippen LogP contribution is -2.06. The molecule has 0 atom stereocenters. The molecule has 0 saturated heterocycles. The highest BCUT2D eigenvalue weighted by molar-refractivity contribution is 5.71. The van der Waals surface area contributed by atoms with Gasteiger partial charge in [0.15, 0.2) is 6.29 Å². The molecule has 0 unspecified atom stereocenters. The number of esters is 1. The van der Waals surface area contributed by atoms with Crippen LogP contribution >= 0.6 is 0 Å². The Balaban J connectivity index is 3.10. The molecule has 0 fully saturated rings. The van der Waals surface area contributed by atoms with Crippen molar-refractivity contribution in [3.8, 4) is 0 Å². The van der Waals surface area contributed by atoms with E-state index in [0.29, 0.717) is 12.7 Å². The molecule has 4 heteroatoms. The summed E-state index contributed by atoms with van der Waals surface area (Å²) < 4.78 is 4.59. The van der Waals surface area contributed by atoms with E-state index in [9.17, 15) is 9.59 Å². The average Bonchev–Trinajstić information content (AvgIpc) is 2.20. The number of hydrogen-bond donors (Lipinski definition) is 1. The summed E-state index contributed by atoms with van der Waals surface area (Å²) in [5.74, 6) is -0.282. The molecule has 0 saturated carbocycles. The number of carbonyl (C=O) groups excluding carboxylic acids is 2. The van der Waals surface area contributed by atoms with Gasteiger partial charge in [-0.15, -0.1) is 0 Å². The Morgan fingerprint density at radius 3 is 2.43 bits per heavy atom. The van der Waals surface area contributed by atoms with Crippen LogP contribution < -0.4 is 5.73 Å². The van der Waals surface area contributed by atoms with E-state index in [1.54, 1.807) is 0 Å². The van der Waals surface area contributed by atoms with Gasteiger partial charge in [-0.25, -0.2) is 0 Å². The highest BCUT2D eigenvalue weighted by atomic mass is 16.5. The minimum Gasteiger partial charge on any atom is -0.458 e. The molecule has 14 heavy (non-hydrogen) atoms. The summed E-state index contributed by atoms with van der Waals surface area (Å²) in [5, 5.41) is 0. The van der Waals surface area contributed by atoms with Gasteiger partial charge in [-0.05, 0) is 19.4 Å². The molecule has 0 aromatic heterocycles. The minimum atomic E-state index is -0.282. The van der Waals surface area contributed by atoms with Crippen molar-refractivity contribution in [1.29, 1.82) is 0 Å². The summed E-state index contributed by atoms with van der Waals surface area (Å²) >= 11 is 0. The van der Waals surface area contributed by atoms with Crippen molar-refractivity contribution in [1.82, 2.24) is 0 Å². The van der Waals surface area contributed by atoms with Gasteiger partial charge >= 0.3 is 5.97 Å². The lowest BCUT2D eigenvalue weighted by atomic mass is 10.1. The Labute approximate surface area is 84.8 Å². The van der Waals surface area contributed by atoms with Crippen LogP contribution in [0.3, 0.4) is 0 Å². The van der Waals surface area contributed by atoms with E-state index in [1.807, 2.05) is 0 Å². The zero-order chi connectivity index (χ0) is 10.6. The first-order chi connectivity index (χ1) is 6.81. The van der Waals surface area contributed by atoms with Crippen molar-refractivity contribution in [2.24, 2.45) is 5.73 Å². The number of rotatable bonds is 9. The molecule has 0 rings (SSSR count). The maximum atomic E-state index is 10.9. The third-order valence-corrected chi connectivity index (χ3v) is 1.90. The van der Waals surface area contributed by atoms with Gasteiger partial charge in [-0.2, -0.15) is 0 Å². The summed E-state index contributed by atoms with van der Waals surface area (Å²) in [6.45, 7) is 0.618. The number of nitrogens with two attached hydrogens (primary N) is 1. The standard InChI is InChI=1S/C10H19NO3/c11-7-5-3-1-2-4-6-10(13)14-9-8-12/h8H,1-7,9,11H2. The quantitative estimate of drug-likeness (QED) is 0.343. The number of carbonyl (C=O) groups is 2. The van der Waals surface area contributed by atoms with E-state index in [1.165, 1.54) is 0 Å². The van der Waals surface area contributed by atoms with Gasteiger partial charge in [0.2, 0.25) is 0 Å². The van der Waals surface area contributed by atoms with Gasteiger partial charge < -0.3 is 10.5 Å². The van der Waals surface area contributed by atoms with Gasteiger partial charge in [0.05, 0.1) is 0 Å². The van der Waals surface area contributed by atoms with Crippen LogP contribution in [0.25, 0.3) is 0 Å². The maximum absolute atomic E-state index is 10.9. The third-order valence-electron chi connectivity index (χ3n) is 1.90. The zero-order valence-corrected chi connectivity index (χ0v) is 8.54. The van der Waals surface area contributed by atoms with Crippen LogP contribution in [0.1, 0.15) is 38.5 Å². The van der Waals surface area contributed by atoms with Gasteiger partial charge in [0.25, 0.3) is 0 Å². The molecule has 0 bridgehead atoms. The summed E-state index contributed by atoms with van der Waals surface area (Å²) in [5.41, 5.74) is 5.34. The van der Waals surface area contributed by atoms with Crippen LogP contribution in [0, 0.1) is 0 Å². The number of unbranched alkanes of at least 4 members (excludes halogenated alkanes) is 4. The Bertz CT molecular complexity index is 159. The monoisotopic (exact) mass is 201 g/mol. The van der Waals surface area contributed by atoms with Gasteiger partial charge in [-0.1, -0.05) is 19.3 Å². The Hall–Kier alpha value is -0.900. The van der Waals surface area contributed by atoms with Gasteiger partial charge in [0.1, 0.15) is 6.61 Å².